The van der Waals surface area contributed by atoms with E-state index in [0.29, 0.717) is 42.3 Å². The molecule has 0 N–H and O–H groups in total. The molecule has 1 aliphatic rings. The van der Waals surface area contributed by atoms with Crippen molar-refractivity contribution in [2.75, 3.05) is 0 Å². The normalized spacial score (nSPS) is 18.3. The molecule has 0 unspecified atom stereocenters. The Morgan fingerprint density at radius 1 is 1.05 bits per heavy atom. The van der Waals surface area contributed by atoms with E-state index in [2.05, 4.69) is 15.0 Å². The van der Waals surface area contributed by atoms with Gasteiger partial charge in [-0.2, -0.15) is 13.2 Å². The molecule has 0 amide bonds. The number of pyridine rings is 2. The molecule has 0 radical (unpaired) electrons. The Balaban J connectivity index is 1.53. The first-order valence-electron chi connectivity index (χ1n) is 12.0. The quantitative estimate of drug-likeness (QED) is 0.272. The molecule has 1 aliphatic carbocycles. The van der Waals surface area contributed by atoms with Crippen LogP contribution >= 0.6 is 11.6 Å². The van der Waals surface area contributed by atoms with Crippen molar-refractivity contribution in [2.45, 2.75) is 57.2 Å². The minimum absolute atomic E-state index is 0.0197. The first-order chi connectivity index (χ1) is 17.6. The third kappa shape index (κ3) is 4.97. The molecule has 0 saturated heterocycles. The van der Waals surface area contributed by atoms with E-state index in [1.165, 1.54) is 29.1 Å². The van der Waals surface area contributed by atoms with Crippen molar-refractivity contribution in [3.8, 4) is 0 Å². The highest BCUT2D eigenvalue weighted by Crippen LogP contribution is 2.41. The minimum atomic E-state index is -4.63. The number of hydrogen-bond acceptors (Lipinski definition) is 4. The Labute approximate surface area is 215 Å². The molecule has 1 fully saturated rings. The zero-order valence-electron chi connectivity index (χ0n) is 19.9. The van der Waals surface area contributed by atoms with Gasteiger partial charge >= 0.3 is 6.18 Å². The average Bonchev–Trinajstić information content (AvgIpc) is 2.86. The third-order valence-electron chi connectivity index (χ3n) is 7.14. The molecule has 5 rings (SSSR count). The summed E-state index contributed by atoms with van der Waals surface area (Å²) in [4.78, 5) is 26.1. The molecule has 0 aliphatic heterocycles. The molecule has 5 nitrogen and oxygen atoms in total. The van der Waals surface area contributed by atoms with Crippen LogP contribution in [0.5, 0.6) is 0 Å². The van der Waals surface area contributed by atoms with E-state index in [9.17, 15) is 22.4 Å². The molecule has 3 heterocycles. The van der Waals surface area contributed by atoms with Gasteiger partial charge in [-0.15, -0.1) is 0 Å². The van der Waals surface area contributed by atoms with E-state index in [1.807, 2.05) is 13.0 Å². The van der Waals surface area contributed by atoms with Crippen LogP contribution in [-0.4, -0.2) is 19.5 Å². The number of aromatic nitrogens is 4. The highest BCUT2D eigenvalue weighted by atomic mass is 35.5. The summed E-state index contributed by atoms with van der Waals surface area (Å²) < 4.78 is 56.6. The van der Waals surface area contributed by atoms with Gasteiger partial charge in [0.1, 0.15) is 16.5 Å². The van der Waals surface area contributed by atoms with E-state index in [-0.39, 0.29) is 34.1 Å². The lowest BCUT2D eigenvalue weighted by Crippen LogP contribution is -2.29. The number of alkyl halides is 3. The lowest BCUT2D eigenvalue weighted by molar-refractivity contribution is -0.138. The number of aryl methyl sites for hydroxylation is 1. The second-order valence-corrected chi connectivity index (χ2v) is 9.79. The summed E-state index contributed by atoms with van der Waals surface area (Å²) in [5, 5.41) is 0.0197. The summed E-state index contributed by atoms with van der Waals surface area (Å²) in [6.45, 7) is 1.46. The molecule has 0 atom stereocenters. The summed E-state index contributed by atoms with van der Waals surface area (Å²) in [7, 11) is 0. The van der Waals surface area contributed by atoms with Crippen molar-refractivity contribution in [3.05, 3.63) is 98.1 Å². The van der Waals surface area contributed by atoms with Crippen LogP contribution in [0, 0.1) is 12.7 Å². The maximum atomic E-state index is 14.5. The SMILES string of the molecule is Cc1cccc(F)c1C1CCC(c2cc3ncc(Cl)nc3n(Cc3ncccc3C(F)(F)F)c2=O)CC1. The predicted molar refractivity (Wildman–Crippen MR) is 132 cm³/mol. The van der Waals surface area contributed by atoms with Crippen molar-refractivity contribution < 1.29 is 17.6 Å². The molecular weight excluding hydrogens is 508 g/mol. The van der Waals surface area contributed by atoms with Gasteiger partial charge in [-0.1, -0.05) is 23.7 Å². The molecule has 192 valence electrons. The molecule has 3 aromatic heterocycles. The Hall–Kier alpha value is -3.33. The number of benzene rings is 1. The zero-order chi connectivity index (χ0) is 26.3. The summed E-state index contributed by atoms with van der Waals surface area (Å²) in [6, 6.07) is 8.84. The second-order valence-electron chi connectivity index (χ2n) is 9.41. The molecule has 0 spiro atoms. The van der Waals surface area contributed by atoms with Gasteiger partial charge < -0.3 is 0 Å². The monoisotopic (exact) mass is 530 g/mol. The first-order valence-corrected chi connectivity index (χ1v) is 12.3. The Bertz CT molecular complexity index is 1510. The van der Waals surface area contributed by atoms with Gasteiger partial charge in [0.25, 0.3) is 5.56 Å². The summed E-state index contributed by atoms with van der Waals surface area (Å²) in [6.07, 6.45) is 0.611. The lowest BCUT2D eigenvalue weighted by atomic mass is 9.75. The number of fused-ring (bicyclic) bond motifs is 1. The number of rotatable bonds is 4. The van der Waals surface area contributed by atoms with Crippen molar-refractivity contribution in [3.63, 3.8) is 0 Å². The van der Waals surface area contributed by atoms with Crippen molar-refractivity contribution in [1.82, 2.24) is 19.5 Å². The smallest absolute Gasteiger partial charge is 0.285 e. The topological polar surface area (TPSA) is 60.7 Å². The Morgan fingerprint density at radius 2 is 1.78 bits per heavy atom. The lowest BCUT2D eigenvalue weighted by Gasteiger charge is -2.30. The van der Waals surface area contributed by atoms with Crippen LogP contribution < -0.4 is 5.56 Å². The van der Waals surface area contributed by atoms with E-state index in [1.54, 1.807) is 12.1 Å². The van der Waals surface area contributed by atoms with Crippen LogP contribution in [0.1, 0.15) is 65.5 Å². The van der Waals surface area contributed by atoms with Crippen LogP contribution in [0.3, 0.4) is 0 Å². The van der Waals surface area contributed by atoms with Crippen molar-refractivity contribution in [2.24, 2.45) is 0 Å². The van der Waals surface area contributed by atoms with E-state index >= 15 is 0 Å². The fourth-order valence-electron chi connectivity index (χ4n) is 5.40. The largest absolute Gasteiger partial charge is 0.418 e. The molecular formula is C27H23ClF4N4O. The maximum Gasteiger partial charge on any atom is 0.418 e. The van der Waals surface area contributed by atoms with Crippen LogP contribution in [0.25, 0.3) is 11.2 Å². The van der Waals surface area contributed by atoms with Crippen molar-refractivity contribution in [1.29, 1.82) is 0 Å². The van der Waals surface area contributed by atoms with E-state index in [0.717, 1.165) is 11.6 Å². The molecule has 1 saturated carbocycles. The second kappa shape index (κ2) is 9.85. The van der Waals surface area contributed by atoms with Gasteiger partial charge in [-0.25, -0.2) is 14.4 Å². The van der Waals surface area contributed by atoms with Crippen LogP contribution in [-0.2, 0) is 12.7 Å². The van der Waals surface area contributed by atoms with Gasteiger partial charge in [0, 0.05) is 11.8 Å². The third-order valence-corrected chi connectivity index (χ3v) is 7.32. The number of hydrogen-bond donors (Lipinski definition) is 0. The molecule has 0 bridgehead atoms. The first kappa shape index (κ1) is 25.3. The Morgan fingerprint density at radius 3 is 2.49 bits per heavy atom. The van der Waals surface area contributed by atoms with Gasteiger partial charge in [-0.3, -0.25) is 14.3 Å². The van der Waals surface area contributed by atoms with Gasteiger partial charge in [0.15, 0.2) is 5.65 Å². The van der Waals surface area contributed by atoms with Gasteiger partial charge in [-0.05, 0) is 79.8 Å². The van der Waals surface area contributed by atoms with E-state index in [4.69, 9.17) is 11.6 Å². The van der Waals surface area contributed by atoms with Crippen LogP contribution in [0.2, 0.25) is 5.15 Å². The van der Waals surface area contributed by atoms with Gasteiger partial charge in [0.05, 0.1) is 24.0 Å². The summed E-state index contributed by atoms with van der Waals surface area (Å²) in [5.41, 5.74) is 0.857. The molecule has 4 aromatic rings. The summed E-state index contributed by atoms with van der Waals surface area (Å²) in [5.74, 6) is -0.323. The molecule has 37 heavy (non-hydrogen) atoms. The Kier molecular flexibility index (Phi) is 6.74. The maximum absolute atomic E-state index is 14.5. The predicted octanol–water partition coefficient (Wildman–Crippen LogP) is 6.80. The molecule has 10 heteroatoms. The molecule has 1 aromatic carbocycles. The number of nitrogens with zero attached hydrogens (tertiary/aromatic N) is 4. The fourth-order valence-corrected chi connectivity index (χ4v) is 5.52. The van der Waals surface area contributed by atoms with Crippen LogP contribution in [0.15, 0.2) is 53.6 Å². The number of halogens is 5. The van der Waals surface area contributed by atoms with Crippen LogP contribution in [0.4, 0.5) is 17.6 Å². The van der Waals surface area contributed by atoms with E-state index < -0.39 is 23.8 Å². The average molecular weight is 531 g/mol. The highest BCUT2D eigenvalue weighted by molar-refractivity contribution is 6.29. The summed E-state index contributed by atoms with van der Waals surface area (Å²) >= 11 is 6.02. The van der Waals surface area contributed by atoms with Gasteiger partial charge in [0.2, 0.25) is 0 Å². The zero-order valence-corrected chi connectivity index (χ0v) is 20.7. The fraction of sp³-hybridized carbons (Fsp3) is 0.333. The minimum Gasteiger partial charge on any atom is -0.285 e. The van der Waals surface area contributed by atoms with Crippen molar-refractivity contribution >= 4 is 22.8 Å². The highest BCUT2D eigenvalue weighted by Gasteiger charge is 2.34. The standard InChI is InChI=1S/C27H23ClF4N4O/c1-15-4-2-6-20(29)24(15)17-9-7-16(8-10-17)18-12-21-25(35-23(28)13-34-21)36(26(18)37)14-22-19(27(30,31)32)5-3-11-33-22/h2-6,11-13,16-17H,7-10,14H2,1H3.